The molecule has 1 N–H and O–H groups in total. The van der Waals surface area contributed by atoms with Crippen LogP contribution in [-0.4, -0.2) is 23.1 Å². The van der Waals surface area contributed by atoms with Gasteiger partial charge in [0, 0.05) is 0 Å². The van der Waals surface area contributed by atoms with Crippen LogP contribution in [0.4, 0.5) is 0 Å². The summed E-state index contributed by atoms with van der Waals surface area (Å²) in [6.07, 6.45) is 3.32. The molecule has 0 bridgehead atoms. The minimum absolute atomic E-state index is 0.0590. The maximum atomic E-state index is 11.2. The van der Waals surface area contributed by atoms with Gasteiger partial charge in [-0.2, -0.15) is 0 Å². The first-order valence-corrected chi connectivity index (χ1v) is 4.58. The maximum Gasteiger partial charge on any atom is 0.316 e. The second-order valence-corrected chi connectivity index (χ2v) is 3.87. The van der Waals surface area contributed by atoms with Crippen LogP contribution in [0, 0.1) is 5.41 Å². The second kappa shape index (κ2) is 2.72. The lowest BCUT2D eigenvalue weighted by atomic mass is 9.66. The van der Waals surface area contributed by atoms with Crippen molar-refractivity contribution in [1.82, 2.24) is 0 Å². The van der Waals surface area contributed by atoms with Gasteiger partial charge in [0.05, 0.1) is 6.42 Å². The fourth-order valence-corrected chi connectivity index (χ4v) is 2.35. The van der Waals surface area contributed by atoms with Crippen LogP contribution in [0.25, 0.3) is 0 Å². The first-order chi connectivity index (χ1) is 6.15. The Kier molecular flexibility index (Phi) is 1.78. The Labute approximate surface area is 75.9 Å². The van der Waals surface area contributed by atoms with Crippen molar-refractivity contribution in [3.8, 4) is 0 Å². The number of esters is 1. The smallest absolute Gasteiger partial charge is 0.316 e. The van der Waals surface area contributed by atoms with Gasteiger partial charge in [0.1, 0.15) is 11.5 Å². The number of hydrogen-bond acceptors (Lipinski definition) is 3. The van der Waals surface area contributed by atoms with Crippen LogP contribution in [0.15, 0.2) is 0 Å². The highest BCUT2D eigenvalue weighted by Gasteiger charge is 2.59. The Morgan fingerprint density at radius 3 is 2.92 bits per heavy atom. The third-order valence-electron chi connectivity index (χ3n) is 3.08. The van der Waals surface area contributed by atoms with Gasteiger partial charge in [-0.1, -0.05) is 6.42 Å². The first-order valence-electron chi connectivity index (χ1n) is 4.58. The van der Waals surface area contributed by atoms with Crippen LogP contribution in [0.5, 0.6) is 0 Å². The Bertz CT molecular complexity index is 260. The minimum atomic E-state index is -0.899. The van der Waals surface area contributed by atoms with Crippen molar-refractivity contribution in [2.24, 2.45) is 5.41 Å². The molecule has 72 valence electrons. The Balaban J connectivity index is 2.15. The second-order valence-electron chi connectivity index (χ2n) is 3.87. The average Bonchev–Trinajstić information content (AvgIpc) is 2.06. The van der Waals surface area contributed by atoms with Gasteiger partial charge in [-0.3, -0.25) is 9.59 Å². The predicted molar refractivity (Wildman–Crippen MR) is 43.0 cm³/mol. The summed E-state index contributed by atoms with van der Waals surface area (Å²) >= 11 is 0. The molecule has 0 spiro atoms. The van der Waals surface area contributed by atoms with E-state index < -0.39 is 11.4 Å². The standard InChI is InChI=1S/C9H12O4/c10-7(11)5-9-4-2-1-3-6(9)13-8(9)12/h6H,1-5H2,(H,10,11). The van der Waals surface area contributed by atoms with Crippen LogP contribution in [0.2, 0.25) is 0 Å². The fourth-order valence-electron chi connectivity index (χ4n) is 2.35. The molecule has 0 radical (unpaired) electrons. The van der Waals surface area contributed by atoms with Crippen LogP contribution in [0.1, 0.15) is 32.1 Å². The molecule has 4 heteroatoms. The molecule has 1 saturated carbocycles. The van der Waals surface area contributed by atoms with Crippen molar-refractivity contribution >= 4 is 11.9 Å². The third kappa shape index (κ3) is 1.12. The molecule has 0 aromatic heterocycles. The highest BCUT2D eigenvalue weighted by Crippen LogP contribution is 2.49. The SMILES string of the molecule is O=C(O)CC12CCCCC1OC2=O. The molecule has 1 saturated heterocycles. The van der Waals surface area contributed by atoms with Crippen LogP contribution < -0.4 is 0 Å². The highest BCUT2D eigenvalue weighted by atomic mass is 16.6. The summed E-state index contributed by atoms with van der Waals surface area (Å²) in [6.45, 7) is 0. The van der Waals surface area contributed by atoms with E-state index in [2.05, 4.69) is 0 Å². The predicted octanol–water partition coefficient (Wildman–Crippen LogP) is 0.947. The molecule has 2 rings (SSSR count). The molecule has 2 fully saturated rings. The van der Waals surface area contributed by atoms with Crippen molar-refractivity contribution in [3.05, 3.63) is 0 Å². The van der Waals surface area contributed by atoms with Gasteiger partial charge in [-0.05, 0) is 19.3 Å². The topological polar surface area (TPSA) is 63.6 Å². The van der Waals surface area contributed by atoms with Gasteiger partial charge < -0.3 is 9.84 Å². The number of ether oxygens (including phenoxy) is 1. The Morgan fingerprint density at radius 2 is 2.38 bits per heavy atom. The summed E-state index contributed by atoms with van der Waals surface area (Å²) in [6, 6.07) is 0. The van der Waals surface area contributed by atoms with E-state index in [9.17, 15) is 9.59 Å². The van der Waals surface area contributed by atoms with Crippen molar-refractivity contribution in [2.45, 2.75) is 38.2 Å². The van der Waals surface area contributed by atoms with E-state index in [1.807, 2.05) is 0 Å². The Hall–Kier alpha value is -1.06. The molecule has 4 nitrogen and oxygen atoms in total. The van der Waals surface area contributed by atoms with E-state index in [-0.39, 0.29) is 18.5 Å². The summed E-state index contributed by atoms with van der Waals surface area (Å²) in [5, 5.41) is 8.69. The van der Waals surface area contributed by atoms with E-state index in [1.54, 1.807) is 0 Å². The quantitative estimate of drug-likeness (QED) is 0.649. The van der Waals surface area contributed by atoms with Gasteiger partial charge in [0.25, 0.3) is 0 Å². The highest BCUT2D eigenvalue weighted by molar-refractivity contribution is 5.88. The number of carbonyl (C=O) groups excluding carboxylic acids is 1. The van der Waals surface area contributed by atoms with Crippen LogP contribution in [0.3, 0.4) is 0 Å². The molecule has 2 aliphatic rings. The largest absolute Gasteiger partial charge is 0.481 e. The third-order valence-corrected chi connectivity index (χ3v) is 3.08. The first kappa shape index (κ1) is 8.53. The monoisotopic (exact) mass is 184 g/mol. The summed E-state index contributed by atoms with van der Waals surface area (Å²) in [5.74, 6) is -1.21. The number of hydrogen-bond donors (Lipinski definition) is 1. The average molecular weight is 184 g/mol. The van der Waals surface area contributed by atoms with Crippen LogP contribution >= 0.6 is 0 Å². The zero-order valence-corrected chi connectivity index (χ0v) is 7.28. The van der Waals surface area contributed by atoms with E-state index in [0.717, 1.165) is 19.3 Å². The molecular weight excluding hydrogens is 172 g/mol. The Morgan fingerprint density at radius 1 is 1.62 bits per heavy atom. The number of carboxylic acids is 1. The summed E-state index contributed by atoms with van der Waals surface area (Å²) in [4.78, 5) is 21.8. The molecule has 1 aliphatic heterocycles. The molecular formula is C9H12O4. The number of rotatable bonds is 2. The molecule has 0 amide bonds. The molecule has 13 heavy (non-hydrogen) atoms. The molecule has 1 aliphatic carbocycles. The van der Waals surface area contributed by atoms with Crippen molar-refractivity contribution in [3.63, 3.8) is 0 Å². The van der Waals surface area contributed by atoms with Gasteiger partial charge in [0.15, 0.2) is 0 Å². The van der Waals surface area contributed by atoms with Gasteiger partial charge in [0.2, 0.25) is 0 Å². The minimum Gasteiger partial charge on any atom is -0.481 e. The van der Waals surface area contributed by atoms with Gasteiger partial charge in [-0.25, -0.2) is 0 Å². The van der Waals surface area contributed by atoms with Gasteiger partial charge >= 0.3 is 11.9 Å². The number of aliphatic carboxylic acids is 1. The summed E-state index contributed by atoms with van der Waals surface area (Å²) in [7, 11) is 0. The lowest BCUT2D eigenvalue weighted by molar-refractivity contribution is -0.218. The van der Waals surface area contributed by atoms with E-state index in [0.29, 0.717) is 6.42 Å². The fraction of sp³-hybridized carbons (Fsp3) is 0.778. The van der Waals surface area contributed by atoms with Crippen LogP contribution in [-0.2, 0) is 14.3 Å². The van der Waals surface area contributed by atoms with Crippen molar-refractivity contribution < 1.29 is 19.4 Å². The number of carboxylic acid groups (broad SMARTS) is 1. The molecule has 0 aromatic carbocycles. The zero-order chi connectivity index (χ0) is 9.47. The molecule has 2 unspecified atom stereocenters. The van der Waals surface area contributed by atoms with E-state index >= 15 is 0 Å². The molecule has 1 heterocycles. The lowest BCUT2D eigenvalue weighted by Crippen LogP contribution is -2.58. The normalized spacial score (nSPS) is 37.2. The number of carbonyl (C=O) groups is 2. The summed E-state index contributed by atoms with van der Waals surface area (Å²) in [5.41, 5.74) is -0.663. The zero-order valence-electron chi connectivity index (χ0n) is 7.28. The van der Waals surface area contributed by atoms with Crippen molar-refractivity contribution in [2.75, 3.05) is 0 Å². The number of fused-ring (bicyclic) bond motifs is 1. The van der Waals surface area contributed by atoms with E-state index in [4.69, 9.17) is 9.84 Å². The lowest BCUT2D eigenvalue weighted by Gasteiger charge is -2.48. The maximum absolute atomic E-state index is 11.2. The van der Waals surface area contributed by atoms with Gasteiger partial charge in [-0.15, -0.1) is 0 Å². The molecule has 2 atom stereocenters. The van der Waals surface area contributed by atoms with Crippen molar-refractivity contribution in [1.29, 1.82) is 0 Å². The summed E-state index contributed by atoms with van der Waals surface area (Å²) < 4.78 is 4.94. The van der Waals surface area contributed by atoms with E-state index in [1.165, 1.54) is 0 Å². The molecule has 0 aromatic rings.